The summed E-state index contributed by atoms with van der Waals surface area (Å²) < 4.78 is 1.60. The Morgan fingerprint density at radius 1 is 1.22 bits per heavy atom. The van der Waals surface area contributed by atoms with Gasteiger partial charge in [-0.05, 0) is 38.7 Å². The van der Waals surface area contributed by atoms with E-state index < -0.39 is 0 Å². The maximum atomic E-state index is 12.7. The molecule has 0 aliphatic carbocycles. The summed E-state index contributed by atoms with van der Waals surface area (Å²) >= 11 is 1.47. The highest BCUT2D eigenvalue weighted by Crippen LogP contribution is 2.24. The molecule has 0 spiro atoms. The number of hydrogen-bond acceptors (Lipinski definition) is 5. The van der Waals surface area contributed by atoms with Crippen LogP contribution in [0.2, 0.25) is 0 Å². The second-order valence-corrected chi connectivity index (χ2v) is 9.58. The Hall–Kier alpha value is -2.02. The third kappa shape index (κ3) is 4.46. The van der Waals surface area contributed by atoms with Gasteiger partial charge in [0.1, 0.15) is 4.88 Å². The normalized spacial score (nSPS) is 16.0. The summed E-state index contributed by atoms with van der Waals surface area (Å²) in [6, 6.07) is 3.43. The minimum absolute atomic E-state index is 0.0581. The molecule has 2 aromatic rings. The monoisotopic (exact) mass is 388 g/mol. The first kappa shape index (κ1) is 19.7. The highest BCUT2D eigenvalue weighted by atomic mass is 32.1. The summed E-state index contributed by atoms with van der Waals surface area (Å²) in [5.41, 5.74) is 1.60. The van der Waals surface area contributed by atoms with Crippen LogP contribution in [0.5, 0.6) is 0 Å². The summed E-state index contributed by atoms with van der Waals surface area (Å²) in [6.07, 6.45) is 1.77. The Morgan fingerprint density at radius 2 is 1.89 bits per heavy atom. The summed E-state index contributed by atoms with van der Waals surface area (Å²) in [6.45, 7) is 12.2. The van der Waals surface area contributed by atoms with Crippen molar-refractivity contribution < 1.29 is 4.79 Å². The number of rotatable bonds is 3. The Morgan fingerprint density at radius 3 is 2.44 bits per heavy atom. The smallest absolute Gasteiger partial charge is 0.266 e. The van der Waals surface area contributed by atoms with Crippen LogP contribution in [0.3, 0.4) is 0 Å². The van der Waals surface area contributed by atoms with Crippen LogP contribution in [-0.2, 0) is 12.0 Å². The number of hydrogen-bond donors (Lipinski definition) is 0. The summed E-state index contributed by atoms with van der Waals surface area (Å²) in [5, 5.41) is 5.50. The lowest BCUT2D eigenvalue weighted by Gasteiger charge is -2.32. The fraction of sp³-hybridized carbons (Fsp3) is 0.600. The van der Waals surface area contributed by atoms with Crippen molar-refractivity contribution in [1.82, 2.24) is 19.7 Å². The number of thiazole rings is 1. The predicted octanol–water partition coefficient (Wildman–Crippen LogP) is 3.17. The molecular formula is C20H28N4O2S. The maximum absolute atomic E-state index is 12.7. The second kappa shape index (κ2) is 7.54. The van der Waals surface area contributed by atoms with Gasteiger partial charge in [0, 0.05) is 31.1 Å². The largest absolute Gasteiger partial charge is 0.338 e. The second-order valence-electron chi connectivity index (χ2n) is 8.37. The molecule has 1 aliphatic heterocycles. The zero-order valence-electron chi connectivity index (χ0n) is 16.8. The van der Waals surface area contributed by atoms with Crippen molar-refractivity contribution >= 4 is 17.2 Å². The lowest BCUT2D eigenvalue weighted by atomic mass is 9.92. The van der Waals surface area contributed by atoms with Gasteiger partial charge in [0.2, 0.25) is 0 Å². The van der Waals surface area contributed by atoms with Gasteiger partial charge in [0.05, 0.1) is 16.4 Å². The van der Waals surface area contributed by atoms with Gasteiger partial charge in [-0.15, -0.1) is 11.3 Å². The molecule has 2 aromatic heterocycles. The maximum Gasteiger partial charge on any atom is 0.266 e. The zero-order valence-corrected chi connectivity index (χ0v) is 17.6. The van der Waals surface area contributed by atoms with Gasteiger partial charge in [-0.25, -0.2) is 9.67 Å². The highest BCUT2D eigenvalue weighted by Gasteiger charge is 2.27. The molecule has 0 saturated carbocycles. The summed E-state index contributed by atoms with van der Waals surface area (Å²) in [4.78, 5) is 32.0. The van der Waals surface area contributed by atoms with Gasteiger partial charge in [-0.3, -0.25) is 9.59 Å². The first-order valence-electron chi connectivity index (χ1n) is 9.47. The summed E-state index contributed by atoms with van der Waals surface area (Å²) in [5.74, 6) is 0.445. The van der Waals surface area contributed by atoms with Crippen LogP contribution in [0.15, 0.2) is 16.9 Å². The molecule has 3 heterocycles. The molecule has 6 nitrogen and oxygen atoms in total. The fourth-order valence-electron chi connectivity index (χ4n) is 3.42. The molecule has 0 atom stereocenters. The number of aromatic nitrogens is 3. The van der Waals surface area contributed by atoms with Crippen molar-refractivity contribution in [2.45, 2.75) is 59.4 Å². The molecule has 0 aromatic carbocycles. The van der Waals surface area contributed by atoms with Crippen LogP contribution < -0.4 is 5.56 Å². The van der Waals surface area contributed by atoms with Crippen molar-refractivity contribution in [3.63, 3.8) is 0 Å². The molecule has 0 radical (unpaired) electrons. The first-order valence-corrected chi connectivity index (χ1v) is 10.3. The highest BCUT2D eigenvalue weighted by molar-refractivity contribution is 7.13. The molecule has 3 rings (SSSR count). The van der Waals surface area contributed by atoms with Crippen LogP contribution in [0, 0.1) is 19.8 Å². The van der Waals surface area contributed by atoms with Gasteiger partial charge in [-0.1, -0.05) is 20.8 Å². The van der Waals surface area contributed by atoms with Gasteiger partial charge in [0.15, 0.2) is 0 Å². The van der Waals surface area contributed by atoms with Gasteiger partial charge in [-0.2, -0.15) is 5.10 Å². The quantitative estimate of drug-likeness (QED) is 0.810. The van der Waals surface area contributed by atoms with E-state index in [4.69, 9.17) is 0 Å². The molecule has 0 unspecified atom stereocenters. The molecule has 1 fully saturated rings. The molecular weight excluding hydrogens is 360 g/mol. The predicted molar refractivity (Wildman–Crippen MR) is 107 cm³/mol. The number of piperidine rings is 1. The molecule has 7 heteroatoms. The van der Waals surface area contributed by atoms with Crippen molar-refractivity contribution in [1.29, 1.82) is 0 Å². The zero-order chi connectivity index (χ0) is 19.8. The van der Waals surface area contributed by atoms with E-state index in [0.717, 1.165) is 34.1 Å². The van der Waals surface area contributed by atoms with Crippen LogP contribution in [0.4, 0.5) is 0 Å². The number of nitrogens with zero attached hydrogens (tertiary/aromatic N) is 4. The Balaban J connectivity index is 1.64. The number of aryl methyl sites for hydroxylation is 2. The van der Waals surface area contributed by atoms with Crippen LogP contribution in [0.1, 0.15) is 59.7 Å². The Bertz CT molecular complexity index is 886. The Labute approximate surface area is 164 Å². The third-order valence-electron chi connectivity index (χ3n) is 5.07. The minimum Gasteiger partial charge on any atom is -0.338 e. The fourth-order valence-corrected chi connectivity index (χ4v) is 4.30. The molecule has 146 valence electrons. The Kier molecular flexibility index (Phi) is 5.51. The number of amides is 1. The van der Waals surface area contributed by atoms with E-state index in [0.29, 0.717) is 25.6 Å². The lowest BCUT2D eigenvalue weighted by Crippen LogP contribution is -2.40. The van der Waals surface area contributed by atoms with E-state index in [9.17, 15) is 9.59 Å². The van der Waals surface area contributed by atoms with Crippen LogP contribution in [0.25, 0.3) is 0 Å². The van der Waals surface area contributed by atoms with Gasteiger partial charge >= 0.3 is 0 Å². The van der Waals surface area contributed by atoms with Crippen molar-refractivity contribution in [3.05, 3.63) is 43.8 Å². The standard InChI is InChI=1S/C20H28N4O2S/c1-13-18(27-14(2)21-13)19(26)23-10-8-15(9-11-23)12-24-17(25)7-6-16(22-24)20(3,4)5/h6-7,15H,8-12H2,1-5H3. The molecule has 1 amide bonds. The van der Waals surface area contributed by atoms with E-state index >= 15 is 0 Å². The van der Waals surface area contributed by atoms with Crippen molar-refractivity contribution in [2.24, 2.45) is 5.92 Å². The average molecular weight is 389 g/mol. The van der Waals surface area contributed by atoms with E-state index in [1.54, 1.807) is 10.7 Å². The van der Waals surface area contributed by atoms with Gasteiger partial charge in [0.25, 0.3) is 11.5 Å². The van der Waals surface area contributed by atoms with E-state index in [1.165, 1.54) is 11.3 Å². The number of likely N-dealkylation sites (tertiary alicyclic amines) is 1. The summed E-state index contributed by atoms with van der Waals surface area (Å²) in [7, 11) is 0. The van der Waals surface area contributed by atoms with Crippen molar-refractivity contribution in [2.75, 3.05) is 13.1 Å². The van der Waals surface area contributed by atoms with E-state index in [1.807, 2.05) is 24.8 Å². The minimum atomic E-state index is -0.0873. The molecule has 1 saturated heterocycles. The van der Waals surface area contributed by atoms with E-state index in [2.05, 4.69) is 30.9 Å². The molecule has 1 aliphatic rings. The molecule has 27 heavy (non-hydrogen) atoms. The molecule has 0 bridgehead atoms. The van der Waals surface area contributed by atoms with Crippen LogP contribution >= 0.6 is 11.3 Å². The number of carbonyl (C=O) groups is 1. The number of carbonyl (C=O) groups excluding carboxylic acids is 1. The van der Waals surface area contributed by atoms with Crippen molar-refractivity contribution in [3.8, 4) is 0 Å². The first-order chi connectivity index (χ1) is 12.6. The van der Waals surface area contributed by atoms with Gasteiger partial charge < -0.3 is 4.90 Å². The SMILES string of the molecule is Cc1nc(C)c(C(=O)N2CCC(Cn3nc(C(C)(C)C)ccc3=O)CC2)s1. The topological polar surface area (TPSA) is 68.1 Å². The van der Waals surface area contributed by atoms with Crippen LogP contribution in [-0.4, -0.2) is 38.7 Å². The van der Waals surface area contributed by atoms with E-state index in [-0.39, 0.29) is 16.9 Å². The average Bonchev–Trinajstić information content (AvgIpc) is 2.94. The third-order valence-corrected chi connectivity index (χ3v) is 6.13. The lowest BCUT2D eigenvalue weighted by molar-refractivity contribution is 0.0684. The molecule has 0 N–H and O–H groups in total.